The van der Waals surface area contributed by atoms with Crippen molar-refractivity contribution in [2.45, 2.75) is 64.5 Å². The number of aryl methyl sites for hydroxylation is 1. The number of aliphatic hydroxyl groups is 1. The van der Waals surface area contributed by atoms with Crippen molar-refractivity contribution in [1.82, 2.24) is 4.57 Å². The maximum Gasteiger partial charge on any atom is 0.221 e. The van der Waals surface area contributed by atoms with Gasteiger partial charge in [-0.05, 0) is 62.1 Å². The van der Waals surface area contributed by atoms with Crippen molar-refractivity contribution in [2.24, 2.45) is 0 Å². The molecule has 0 saturated heterocycles. The first kappa shape index (κ1) is 23.2. The number of rotatable bonds is 5. The third-order valence-electron chi connectivity index (χ3n) is 8.62. The fraction of sp³-hybridized carbons (Fsp3) is 0.294. The van der Waals surface area contributed by atoms with Gasteiger partial charge < -0.3 is 9.67 Å². The van der Waals surface area contributed by atoms with Gasteiger partial charge in [-0.15, -0.1) is 0 Å². The van der Waals surface area contributed by atoms with Gasteiger partial charge in [-0.2, -0.15) is 4.58 Å². The molecule has 4 heteroatoms. The molecular formula is C34H33N2O2+. The van der Waals surface area contributed by atoms with Gasteiger partial charge in [0.1, 0.15) is 11.3 Å². The zero-order valence-electron chi connectivity index (χ0n) is 21.7. The van der Waals surface area contributed by atoms with Crippen LogP contribution in [0.15, 0.2) is 95.4 Å². The fourth-order valence-corrected chi connectivity index (χ4v) is 6.72. The van der Waals surface area contributed by atoms with Gasteiger partial charge in [0.15, 0.2) is 12.3 Å². The highest BCUT2D eigenvalue weighted by atomic mass is 16.3. The molecule has 1 fully saturated rings. The molecule has 4 aliphatic rings. The first-order valence-corrected chi connectivity index (χ1v) is 14.1. The molecular weight excluding hydrogens is 468 g/mol. The number of fused-ring (bicyclic) bond motifs is 2. The molecule has 190 valence electrons. The lowest BCUT2D eigenvalue weighted by Gasteiger charge is -2.24. The van der Waals surface area contributed by atoms with Crippen molar-refractivity contribution < 1.29 is 14.5 Å². The predicted octanol–water partition coefficient (Wildman–Crippen LogP) is 6.69. The van der Waals surface area contributed by atoms with Crippen LogP contribution in [0.4, 0.5) is 0 Å². The quantitative estimate of drug-likeness (QED) is 0.313. The summed E-state index contributed by atoms with van der Waals surface area (Å²) in [5.74, 6) is 0.124. The fourth-order valence-electron chi connectivity index (χ4n) is 6.72. The molecule has 4 nitrogen and oxygen atoms in total. The Bertz CT molecular complexity index is 1570. The number of aliphatic hydroxyl groups excluding tert-OH is 1. The molecule has 1 saturated carbocycles. The Morgan fingerprint density at radius 1 is 0.789 bits per heavy atom. The molecule has 0 spiro atoms. The maximum atomic E-state index is 13.9. The van der Waals surface area contributed by atoms with E-state index in [1.54, 1.807) is 0 Å². The van der Waals surface area contributed by atoms with E-state index in [4.69, 9.17) is 0 Å². The van der Waals surface area contributed by atoms with E-state index in [1.807, 2.05) is 12.1 Å². The second-order valence-electron chi connectivity index (χ2n) is 11.0. The lowest BCUT2D eigenvalue weighted by molar-refractivity contribution is -0.487. The molecule has 1 aliphatic heterocycles. The van der Waals surface area contributed by atoms with Crippen molar-refractivity contribution >= 4 is 17.1 Å². The van der Waals surface area contributed by atoms with E-state index in [-0.39, 0.29) is 11.5 Å². The average molecular weight is 502 g/mol. The van der Waals surface area contributed by atoms with E-state index in [0.29, 0.717) is 24.2 Å². The number of nitrogens with zero attached hydrogens (tertiary/aromatic N) is 2. The van der Waals surface area contributed by atoms with Crippen molar-refractivity contribution in [3.05, 3.63) is 123 Å². The van der Waals surface area contributed by atoms with Gasteiger partial charge in [0.05, 0.1) is 11.3 Å². The molecule has 2 aromatic carbocycles. The summed E-state index contributed by atoms with van der Waals surface area (Å²) in [6.45, 7) is 1.42. The summed E-state index contributed by atoms with van der Waals surface area (Å²) < 4.78 is 4.58. The van der Waals surface area contributed by atoms with Gasteiger partial charge in [-0.25, -0.2) is 0 Å². The van der Waals surface area contributed by atoms with Crippen LogP contribution in [0.25, 0.3) is 5.57 Å². The lowest BCUT2D eigenvalue weighted by atomic mass is 9.84. The molecule has 3 aliphatic carbocycles. The SMILES string of the molecule is O=C1C(c2cc3c(n2Cc2ccccc2)CCCC3)=C(O)/C1=C1\C=C2CCCCC2=[N+]1Cc1ccccc1. The molecule has 3 aromatic rings. The monoisotopic (exact) mass is 501 g/mol. The van der Waals surface area contributed by atoms with Crippen molar-refractivity contribution in [2.75, 3.05) is 0 Å². The van der Waals surface area contributed by atoms with Gasteiger partial charge in [0.25, 0.3) is 0 Å². The topological polar surface area (TPSA) is 45.2 Å². The number of hydrogen-bond donors (Lipinski definition) is 1. The van der Waals surface area contributed by atoms with Crippen LogP contribution in [0.1, 0.15) is 66.6 Å². The standard InChI is InChI=1S/C34H32N2O2/c37-33-31(29-19-25-15-7-9-17-27(25)35(29)21-23-11-3-1-4-12-23)34(38)32(33)30-20-26-16-8-10-18-28(26)36(30)22-24-13-5-2-6-14-24/h1-6,11-14,19-20H,7-10,15-18,21-22H2/p+1. The zero-order chi connectivity index (χ0) is 25.6. The third-order valence-corrected chi connectivity index (χ3v) is 8.62. The number of aromatic nitrogens is 1. The highest BCUT2D eigenvalue weighted by Crippen LogP contribution is 2.43. The summed E-state index contributed by atoms with van der Waals surface area (Å²) in [4.78, 5) is 13.9. The van der Waals surface area contributed by atoms with Gasteiger partial charge >= 0.3 is 0 Å². The lowest BCUT2D eigenvalue weighted by Crippen LogP contribution is -2.28. The number of carbonyl (C=O) groups is 1. The molecule has 1 N–H and O–H groups in total. The Hall–Kier alpha value is -3.92. The van der Waals surface area contributed by atoms with E-state index >= 15 is 0 Å². The van der Waals surface area contributed by atoms with Gasteiger partial charge in [0.2, 0.25) is 11.5 Å². The summed E-state index contributed by atoms with van der Waals surface area (Å²) in [6, 6.07) is 23.0. The Balaban J connectivity index is 1.34. The first-order valence-electron chi connectivity index (χ1n) is 14.1. The van der Waals surface area contributed by atoms with Crippen LogP contribution in [-0.4, -0.2) is 25.7 Å². The molecule has 0 radical (unpaired) electrons. The van der Waals surface area contributed by atoms with E-state index in [1.165, 1.54) is 59.4 Å². The van der Waals surface area contributed by atoms with Crippen LogP contribution < -0.4 is 0 Å². The average Bonchev–Trinajstić information content (AvgIpc) is 3.48. The maximum absolute atomic E-state index is 13.9. The number of ketones is 1. The number of carbonyl (C=O) groups excluding carboxylic acids is 1. The van der Waals surface area contributed by atoms with E-state index in [0.717, 1.165) is 37.1 Å². The van der Waals surface area contributed by atoms with Crippen LogP contribution >= 0.6 is 0 Å². The van der Waals surface area contributed by atoms with Gasteiger partial charge in [-0.3, -0.25) is 4.79 Å². The minimum atomic E-state index is -0.0317. The summed E-state index contributed by atoms with van der Waals surface area (Å²) in [6.07, 6.45) is 11.0. The number of hydrogen-bond acceptors (Lipinski definition) is 2. The Morgan fingerprint density at radius 2 is 1.47 bits per heavy atom. The van der Waals surface area contributed by atoms with E-state index < -0.39 is 0 Å². The minimum Gasteiger partial charge on any atom is -0.506 e. The predicted molar refractivity (Wildman–Crippen MR) is 150 cm³/mol. The summed E-state index contributed by atoms with van der Waals surface area (Å²) >= 11 is 0. The highest BCUT2D eigenvalue weighted by Gasteiger charge is 2.45. The molecule has 0 unspecified atom stereocenters. The molecule has 38 heavy (non-hydrogen) atoms. The van der Waals surface area contributed by atoms with Gasteiger partial charge in [0, 0.05) is 35.9 Å². The second-order valence-corrected chi connectivity index (χ2v) is 11.0. The molecule has 0 amide bonds. The van der Waals surface area contributed by atoms with E-state index in [9.17, 15) is 9.90 Å². The zero-order valence-corrected chi connectivity index (χ0v) is 21.7. The summed E-state index contributed by atoms with van der Waals surface area (Å²) in [5, 5.41) is 11.5. The Morgan fingerprint density at radius 3 is 2.24 bits per heavy atom. The number of benzene rings is 2. The van der Waals surface area contributed by atoms with Crippen LogP contribution in [-0.2, 0) is 30.7 Å². The van der Waals surface area contributed by atoms with Crippen molar-refractivity contribution in [3.63, 3.8) is 0 Å². The molecule has 1 aromatic heterocycles. The first-order chi connectivity index (χ1) is 18.7. The van der Waals surface area contributed by atoms with Crippen molar-refractivity contribution in [1.29, 1.82) is 0 Å². The molecule has 7 rings (SSSR count). The van der Waals surface area contributed by atoms with Crippen LogP contribution in [0.2, 0.25) is 0 Å². The van der Waals surface area contributed by atoms with Crippen molar-refractivity contribution in [3.8, 4) is 0 Å². The van der Waals surface area contributed by atoms with Crippen LogP contribution in [0.5, 0.6) is 0 Å². The van der Waals surface area contributed by atoms with Crippen LogP contribution in [0, 0.1) is 0 Å². The second kappa shape index (κ2) is 9.43. The molecule has 0 atom stereocenters. The third kappa shape index (κ3) is 3.82. The molecule has 2 heterocycles. The Kier molecular flexibility index (Phi) is 5.76. The minimum absolute atomic E-state index is 0.0317. The largest absolute Gasteiger partial charge is 0.506 e. The molecule has 0 bridgehead atoms. The van der Waals surface area contributed by atoms with E-state index in [2.05, 4.69) is 69.8 Å². The summed E-state index contributed by atoms with van der Waals surface area (Å²) in [5.41, 5.74) is 10.4. The normalized spacial score (nSPS) is 20.8. The Labute approximate surface area is 224 Å². The number of Topliss-reactive ketones (excluding diaryl/α,β-unsaturated/α-hetero) is 1. The van der Waals surface area contributed by atoms with Gasteiger partial charge in [-0.1, -0.05) is 60.7 Å². The highest BCUT2D eigenvalue weighted by molar-refractivity contribution is 6.39. The number of allylic oxidation sites excluding steroid dienone is 4. The summed E-state index contributed by atoms with van der Waals surface area (Å²) in [7, 11) is 0. The van der Waals surface area contributed by atoms with Crippen LogP contribution in [0.3, 0.4) is 0 Å². The smallest absolute Gasteiger partial charge is 0.221 e.